The summed E-state index contributed by atoms with van der Waals surface area (Å²) >= 11 is 6.34. The quantitative estimate of drug-likeness (QED) is 0.0542. The number of hydrogen-bond acceptors (Lipinski definition) is 13. The van der Waals surface area contributed by atoms with Gasteiger partial charge in [-0.3, -0.25) is 9.97 Å². The van der Waals surface area contributed by atoms with Crippen LogP contribution in [0.25, 0.3) is 33.8 Å². The Morgan fingerprint density at radius 2 is 1.17 bits per heavy atom. The summed E-state index contributed by atoms with van der Waals surface area (Å²) in [6.07, 6.45) is 14.5. The molecule has 0 radical (unpaired) electrons. The lowest BCUT2D eigenvalue weighted by molar-refractivity contribution is 0.389. The summed E-state index contributed by atoms with van der Waals surface area (Å²) in [5, 5.41) is 30.7. The molecule has 0 unspecified atom stereocenters. The molecule has 70 heavy (non-hydrogen) atoms. The lowest BCUT2D eigenvalue weighted by Crippen LogP contribution is -2.31. The molecule has 0 spiro atoms. The van der Waals surface area contributed by atoms with E-state index in [0.717, 1.165) is 108 Å². The number of hydrogen-bond donors (Lipinski definition) is 6. The molecule has 3 aliphatic rings. The van der Waals surface area contributed by atoms with Crippen LogP contribution in [0.3, 0.4) is 0 Å². The van der Waals surface area contributed by atoms with E-state index in [2.05, 4.69) is 100 Å². The fourth-order valence-corrected chi connectivity index (χ4v) is 9.16. The first-order valence-electron chi connectivity index (χ1n) is 24.9. The Bertz CT molecular complexity index is 2890. The highest BCUT2D eigenvalue weighted by molar-refractivity contribution is 6.33. The molecule has 1 aliphatic carbocycles. The molecule has 2 aliphatic heterocycles. The number of benzene rings is 2. The third-order valence-electron chi connectivity index (χ3n) is 13.1. The van der Waals surface area contributed by atoms with Gasteiger partial charge >= 0.3 is 0 Å². The van der Waals surface area contributed by atoms with Gasteiger partial charge in [-0.2, -0.15) is 19.2 Å². The minimum atomic E-state index is 0.540. The highest BCUT2D eigenvalue weighted by atomic mass is 35.5. The lowest BCUT2D eigenvalue weighted by atomic mass is 9.98. The van der Waals surface area contributed by atoms with E-state index in [0.29, 0.717) is 41.5 Å². The third kappa shape index (κ3) is 12.1. The van der Waals surface area contributed by atoms with E-state index in [9.17, 15) is 0 Å². The molecule has 3 fully saturated rings. The molecular formula is C54H65ClN14O. The predicted molar refractivity (Wildman–Crippen MR) is 283 cm³/mol. The van der Waals surface area contributed by atoms with Gasteiger partial charge in [0.25, 0.3) is 0 Å². The number of pyridine rings is 2. The molecule has 0 atom stereocenters. The van der Waals surface area contributed by atoms with Crippen molar-refractivity contribution < 1.29 is 4.74 Å². The van der Waals surface area contributed by atoms with Crippen LogP contribution in [-0.2, 0) is 13.1 Å². The van der Waals surface area contributed by atoms with Crippen LogP contribution < -0.4 is 36.6 Å². The smallest absolute Gasteiger partial charge is 0.178 e. The molecule has 2 aromatic carbocycles. The largest absolute Gasteiger partial charge is 0.496 e. The first kappa shape index (κ1) is 48.2. The van der Waals surface area contributed by atoms with Gasteiger partial charge in [0.05, 0.1) is 30.9 Å². The van der Waals surface area contributed by atoms with E-state index in [4.69, 9.17) is 26.4 Å². The summed E-state index contributed by atoms with van der Waals surface area (Å²) in [4.78, 5) is 18.5. The first-order chi connectivity index (χ1) is 34.5. The van der Waals surface area contributed by atoms with Gasteiger partial charge in [-0.15, -0.1) is 0 Å². The van der Waals surface area contributed by atoms with Gasteiger partial charge in [0.2, 0.25) is 0 Å². The zero-order chi connectivity index (χ0) is 48.1. The van der Waals surface area contributed by atoms with Crippen molar-refractivity contribution in [1.82, 2.24) is 49.8 Å². The van der Waals surface area contributed by atoms with Crippen molar-refractivity contribution in [3.8, 4) is 28.3 Å². The van der Waals surface area contributed by atoms with Gasteiger partial charge in [-0.1, -0.05) is 67.9 Å². The molecular weight excluding hydrogens is 896 g/mol. The van der Waals surface area contributed by atoms with Crippen molar-refractivity contribution in [3.05, 3.63) is 137 Å². The second-order valence-corrected chi connectivity index (χ2v) is 18.3. The maximum atomic E-state index is 6.34. The molecule has 15 nitrogen and oxygen atoms in total. The van der Waals surface area contributed by atoms with E-state index >= 15 is 0 Å². The summed E-state index contributed by atoms with van der Waals surface area (Å²) in [6.45, 7) is 11.5. The summed E-state index contributed by atoms with van der Waals surface area (Å²) in [6, 6.07) is 30.6. The van der Waals surface area contributed by atoms with E-state index in [1.807, 2.05) is 73.2 Å². The van der Waals surface area contributed by atoms with Crippen LogP contribution in [0.15, 0.2) is 116 Å². The molecule has 1 saturated carbocycles. The zero-order valence-electron chi connectivity index (χ0n) is 40.5. The van der Waals surface area contributed by atoms with Crippen molar-refractivity contribution in [2.24, 2.45) is 11.8 Å². The second kappa shape index (κ2) is 23.7. The Morgan fingerprint density at radius 3 is 1.76 bits per heavy atom. The SMILES string of the molecule is CC.COc1cc(CNc2cc(NCC3CCNCC3)nc3c(C4CC4)cnn23)ccc1-c1ccccn1.Clc1cnn2c(NCc3ccc(-c4ccccn4)cc3)cc(NCC3CCNCC3)nc12. The minimum absolute atomic E-state index is 0.540. The Kier molecular flexibility index (Phi) is 16.3. The number of rotatable bonds is 16. The second-order valence-electron chi connectivity index (χ2n) is 17.9. The predicted octanol–water partition coefficient (Wildman–Crippen LogP) is 10.2. The molecule has 11 rings (SSSR count). The van der Waals surface area contributed by atoms with Crippen LogP contribution in [0.5, 0.6) is 5.75 Å². The molecule has 8 heterocycles. The summed E-state index contributed by atoms with van der Waals surface area (Å²) in [5.41, 5.74) is 9.10. The molecule has 364 valence electrons. The van der Waals surface area contributed by atoms with Gasteiger partial charge in [0.15, 0.2) is 11.3 Å². The fraction of sp³-hybridized carbons (Fsp3) is 0.370. The summed E-state index contributed by atoms with van der Waals surface area (Å²) in [5.74, 6) is 6.25. The number of ether oxygens (including phenoxy) is 1. The van der Waals surface area contributed by atoms with E-state index < -0.39 is 0 Å². The van der Waals surface area contributed by atoms with Gasteiger partial charge in [-0.05, 0) is 130 Å². The number of aromatic nitrogens is 8. The Hall–Kier alpha value is -6.81. The van der Waals surface area contributed by atoms with E-state index in [1.165, 1.54) is 44.1 Å². The molecule has 16 heteroatoms. The Balaban J connectivity index is 0.000000169. The average molecular weight is 962 g/mol. The van der Waals surface area contributed by atoms with Crippen LogP contribution >= 0.6 is 11.6 Å². The Morgan fingerprint density at radius 1 is 0.614 bits per heavy atom. The molecule has 8 aromatic rings. The van der Waals surface area contributed by atoms with Crippen LogP contribution in [0.1, 0.15) is 75.0 Å². The number of nitrogens with one attached hydrogen (secondary N) is 6. The number of piperidine rings is 2. The number of methoxy groups -OCH3 is 1. The van der Waals surface area contributed by atoms with Gasteiger partial charge in [-0.25, -0.2) is 9.97 Å². The van der Waals surface area contributed by atoms with Crippen molar-refractivity contribution in [2.75, 3.05) is 67.6 Å². The fourth-order valence-electron chi connectivity index (χ4n) is 8.99. The maximum Gasteiger partial charge on any atom is 0.178 e. The van der Waals surface area contributed by atoms with E-state index in [1.54, 1.807) is 24.0 Å². The maximum absolute atomic E-state index is 6.34. The number of anilines is 4. The lowest BCUT2D eigenvalue weighted by Gasteiger charge is -2.23. The van der Waals surface area contributed by atoms with Crippen molar-refractivity contribution >= 4 is 46.2 Å². The summed E-state index contributed by atoms with van der Waals surface area (Å²) < 4.78 is 9.40. The number of nitrogens with zero attached hydrogens (tertiary/aromatic N) is 8. The topological polar surface area (TPSA) is 168 Å². The molecule has 6 aromatic heterocycles. The highest BCUT2D eigenvalue weighted by Gasteiger charge is 2.28. The van der Waals surface area contributed by atoms with E-state index in [-0.39, 0.29) is 0 Å². The average Bonchev–Trinajstić information content (AvgIpc) is 4.08. The first-order valence-corrected chi connectivity index (χ1v) is 25.3. The third-order valence-corrected chi connectivity index (χ3v) is 13.3. The number of fused-ring (bicyclic) bond motifs is 2. The summed E-state index contributed by atoms with van der Waals surface area (Å²) in [7, 11) is 1.70. The monoisotopic (exact) mass is 961 g/mol. The van der Waals surface area contributed by atoms with Crippen molar-refractivity contribution in [3.63, 3.8) is 0 Å². The zero-order valence-corrected chi connectivity index (χ0v) is 41.2. The van der Waals surface area contributed by atoms with Crippen LogP contribution in [0.4, 0.5) is 23.3 Å². The highest BCUT2D eigenvalue weighted by Crippen LogP contribution is 2.42. The normalized spacial score (nSPS) is 15.1. The Labute approximate surface area is 415 Å². The molecule has 6 N–H and O–H groups in total. The standard InChI is InChI=1S/C28H33N7O.C24H26ClN7.C2H6/c1-36-25-14-20(5-8-22(25)24-4-2-3-11-30-24)17-32-27-15-26(31-16-19-9-12-29-13-10-19)34-28-23(21-6-7-21)18-33-35(27)28;25-20-16-30-32-23(13-22(31-24(20)32)28-14-18-8-11-26-12-9-18)29-15-17-4-6-19(7-5-17)21-3-1-2-10-27-21;1-2/h2-5,8,11,14-15,18-19,21,29,32H,6-7,9-10,12-13,16-17H2,1H3,(H,31,34);1-7,10,13,16,18,26,29H,8-9,11-12,14-15H2,(H,28,31);1-2H3. The number of halogens is 1. The van der Waals surface area contributed by atoms with Crippen LogP contribution in [0, 0.1) is 11.8 Å². The van der Waals surface area contributed by atoms with Gasteiger partial charge in [0.1, 0.15) is 34.0 Å². The van der Waals surface area contributed by atoms with Crippen LogP contribution in [0.2, 0.25) is 5.02 Å². The molecule has 2 saturated heterocycles. The van der Waals surface area contributed by atoms with Crippen molar-refractivity contribution in [2.45, 2.75) is 71.4 Å². The molecule has 0 bridgehead atoms. The minimum Gasteiger partial charge on any atom is -0.496 e. The molecule has 0 amide bonds. The van der Waals surface area contributed by atoms with Gasteiger partial charge in [0, 0.05) is 67.4 Å². The van der Waals surface area contributed by atoms with Gasteiger partial charge < -0.3 is 36.6 Å². The van der Waals surface area contributed by atoms with Crippen molar-refractivity contribution in [1.29, 1.82) is 0 Å². The van der Waals surface area contributed by atoms with Crippen LogP contribution in [-0.4, -0.2) is 85.5 Å².